The molecule has 0 unspecified atom stereocenters. The van der Waals surface area contributed by atoms with Crippen LogP contribution in [0.2, 0.25) is 0 Å². The Labute approximate surface area is 159 Å². The number of hydrogen-bond acceptors (Lipinski definition) is 4. The largest absolute Gasteiger partial charge is 0.468 e. The van der Waals surface area contributed by atoms with Gasteiger partial charge in [0.05, 0.1) is 24.2 Å². The van der Waals surface area contributed by atoms with E-state index in [4.69, 9.17) is 4.42 Å². The maximum atomic E-state index is 12.5. The van der Waals surface area contributed by atoms with E-state index in [-0.39, 0.29) is 6.03 Å². The number of carbonyl (C=O) groups is 1. The number of alkyl halides is 3. The van der Waals surface area contributed by atoms with Crippen LogP contribution in [0.1, 0.15) is 5.76 Å². The van der Waals surface area contributed by atoms with Crippen LogP contribution in [0.3, 0.4) is 0 Å². The maximum absolute atomic E-state index is 12.5. The van der Waals surface area contributed by atoms with Crippen LogP contribution in [-0.4, -0.2) is 53.9 Å². The molecule has 1 aliphatic rings. The Balaban J connectivity index is 1.52. The second-order valence-electron chi connectivity index (χ2n) is 6.17. The number of benzene rings is 1. The topological polar surface area (TPSA) is 48.7 Å². The molecule has 0 spiro atoms. The number of furan rings is 1. The Hall–Kier alpha value is -2.13. The fourth-order valence-corrected chi connectivity index (χ4v) is 3.55. The fourth-order valence-electron chi connectivity index (χ4n) is 2.78. The number of thioether (sulfide) groups is 1. The molecule has 0 atom stereocenters. The summed E-state index contributed by atoms with van der Waals surface area (Å²) in [4.78, 5) is 16.8. The Kier molecular flexibility index (Phi) is 6.33. The highest BCUT2D eigenvalue weighted by molar-refractivity contribution is 7.99. The van der Waals surface area contributed by atoms with Crippen LogP contribution < -0.4 is 5.32 Å². The maximum Gasteiger partial charge on any atom is 0.398 e. The highest BCUT2D eigenvalue weighted by Gasteiger charge is 2.28. The van der Waals surface area contributed by atoms with E-state index in [1.165, 1.54) is 0 Å². The van der Waals surface area contributed by atoms with E-state index in [0.717, 1.165) is 5.76 Å². The van der Waals surface area contributed by atoms with Crippen LogP contribution in [0.15, 0.2) is 52.0 Å². The lowest BCUT2D eigenvalue weighted by Gasteiger charge is -2.34. The van der Waals surface area contributed by atoms with Gasteiger partial charge in [-0.25, -0.2) is 4.79 Å². The molecule has 2 aromatic rings. The molecule has 1 N–H and O–H groups in total. The molecule has 2 heterocycles. The third-order valence-electron chi connectivity index (χ3n) is 4.14. The molecule has 1 aliphatic heterocycles. The predicted molar refractivity (Wildman–Crippen MR) is 97.8 cm³/mol. The first-order valence-corrected chi connectivity index (χ1v) is 9.48. The van der Waals surface area contributed by atoms with Crippen molar-refractivity contribution in [2.45, 2.75) is 17.6 Å². The minimum Gasteiger partial charge on any atom is -0.468 e. The van der Waals surface area contributed by atoms with Gasteiger partial charge in [-0.15, -0.1) is 11.8 Å². The van der Waals surface area contributed by atoms with Gasteiger partial charge in [0.2, 0.25) is 0 Å². The number of amides is 2. The Morgan fingerprint density at radius 2 is 1.85 bits per heavy atom. The van der Waals surface area contributed by atoms with Crippen LogP contribution in [0, 0.1) is 0 Å². The summed E-state index contributed by atoms with van der Waals surface area (Å²) in [7, 11) is 0. The van der Waals surface area contributed by atoms with Gasteiger partial charge in [0, 0.05) is 31.1 Å². The molecule has 0 saturated carbocycles. The zero-order chi connectivity index (χ0) is 19.3. The summed E-state index contributed by atoms with van der Waals surface area (Å²) in [5, 5.41) is 2.74. The zero-order valence-electron chi connectivity index (χ0n) is 14.5. The molecule has 1 saturated heterocycles. The van der Waals surface area contributed by atoms with Crippen molar-refractivity contribution >= 4 is 23.5 Å². The summed E-state index contributed by atoms with van der Waals surface area (Å²) in [6, 6.07) is 9.99. The number of piperazine rings is 1. The van der Waals surface area contributed by atoms with Crippen LogP contribution >= 0.6 is 11.8 Å². The normalized spacial score (nSPS) is 15.7. The van der Waals surface area contributed by atoms with E-state index in [0.29, 0.717) is 55.1 Å². The van der Waals surface area contributed by atoms with Crippen molar-refractivity contribution in [2.24, 2.45) is 0 Å². The lowest BCUT2D eigenvalue weighted by molar-refractivity contribution is -0.105. The van der Waals surface area contributed by atoms with E-state index in [9.17, 15) is 18.0 Å². The molecule has 5 nitrogen and oxygen atoms in total. The second-order valence-corrected chi connectivity index (χ2v) is 7.19. The summed E-state index contributed by atoms with van der Waals surface area (Å²) in [5.41, 5.74) is 0.398. The number of halogens is 3. The van der Waals surface area contributed by atoms with Crippen LogP contribution in [-0.2, 0) is 6.54 Å². The molecule has 27 heavy (non-hydrogen) atoms. The lowest BCUT2D eigenvalue weighted by Crippen LogP contribution is -2.49. The van der Waals surface area contributed by atoms with Crippen molar-refractivity contribution < 1.29 is 22.4 Å². The van der Waals surface area contributed by atoms with Gasteiger partial charge < -0.3 is 14.6 Å². The van der Waals surface area contributed by atoms with Gasteiger partial charge in [0.25, 0.3) is 0 Å². The van der Waals surface area contributed by atoms with Gasteiger partial charge in [0.15, 0.2) is 0 Å². The van der Waals surface area contributed by atoms with Gasteiger partial charge in [-0.1, -0.05) is 12.1 Å². The van der Waals surface area contributed by atoms with Crippen molar-refractivity contribution in [1.82, 2.24) is 9.80 Å². The van der Waals surface area contributed by atoms with Crippen LogP contribution in [0.4, 0.5) is 23.7 Å². The second kappa shape index (κ2) is 8.71. The molecule has 1 aromatic heterocycles. The average Bonchev–Trinajstić information content (AvgIpc) is 3.14. The first kappa shape index (κ1) is 19.6. The van der Waals surface area contributed by atoms with E-state index in [2.05, 4.69) is 10.2 Å². The van der Waals surface area contributed by atoms with Crippen molar-refractivity contribution in [3.8, 4) is 0 Å². The fraction of sp³-hybridized carbons (Fsp3) is 0.389. The molecule has 146 valence electrons. The zero-order valence-corrected chi connectivity index (χ0v) is 15.4. The Morgan fingerprint density at radius 1 is 1.11 bits per heavy atom. The molecule has 0 radical (unpaired) electrons. The van der Waals surface area contributed by atoms with E-state index in [1.54, 1.807) is 35.4 Å². The monoisotopic (exact) mass is 399 g/mol. The molecule has 0 bridgehead atoms. The quantitative estimate of drug-likeness (QED) is 0.763. The number of hydrogen-bond donors (Lipinski definition) is 1. The van der Waals surface area contributed by atoms with Gasteiger partial charge in [-0.3, -0.25) is 4.90 Å². The minimum atomic E-state index is -4.26. The summed E-state index contributed by atoms with van der Waals surface area (Å²) in [5.74, 6) is -0.116. The number of para-hydroxylation sites is 1. The van der Waals surface area contributed by atoms with Gasteiger partial charge in [-0.2, -0.15) is 13.2 Å². The predicted octanol–water partition coefficient (Wildman–Crippen LogP) is 4.28. The van der Waals surface area contributed by atoms with Crippen LogP contribution in [0.25, 0.3) is 0 Å². The Bertz CT molecular complexity index is 745. The number of urea groups is 1. The molecule has 3 rings (SSSR count). The highest BCUT2D eigenvalue weighted by Crippen LogP contribution is 2.32. The lowest BCUT2D eigenvalue weighted by atomic mass is 10.3. The SMILES string of the molecule is O=C(Nc1ccccc1SCC(F)(F)F)N1CCN(Cc2ccco2)CC1. The molecule has 1 aromatic carbocycles. The van der Waals surface area contributed by atoms with Crippen molar-refractivity contribution in [2.75, 3.05) is 37.2 Å². The first-order chi connectivity index (χ1) is 12.9. The number of nitrogens with one attached hydrogen (secondary N) is 1. The smallest absolute Gasteiger partial charge is 0.398 e. The molecule has 0 aliphatic carbocycles. The number of rotatable bonds is 5. The van der Waals surface area contributed by atoms with Crippen molar-refractivity contribution in [1.29, 1.82) is 0 Å². The van der Waals surface area contributed by atoms with E-state index in [1.807, 2.05) is 12.1 Å². The van der Waals surface area contributed by atoms with Gasteiger partial charge in [0.1, 0.15) is 5.76 Å². The molecule has 9 heteroatoms. The standard InChI is InChI=1S/C18H20F3N3O2S/c19-18(20,21)13-27-16-6-2-1-5-15(16)22-17(25)24-9-7-23(8-10-24)12-14-4-3-11-26-14/h1-6,11H,7-10,12-13H2,(H,22,25). The van der Waals surface area contributed by atoms with Gasteiger partial charge in [-0.05, 0) is 24.3 Å². The van der Waals surface area contributed by atoms with Gasteiger partial charge >= 0.3 is 12.2 Å². The molecular formula is C18H20F3N3O2S. The van der Waals surface area contributed by atoms with Crippen molar-refractivity contribution in [3.63, 3.8) is 0 Å². The number of nitrogens with zero attached hydrogens (tertiary/aromatic N) is 2. The third-order valence-corrected chi connectivity index (χ3v) is 5.28. The summed E-state index contributed by atoms with van der Waals surface area (Å²) in [6.07, 6.45) is -2.63. The van der Waals surface area contributed by atoms with E-state index < -0.39 is 11.9 Å². The van der Waals surface area contributed by atoms with E-state index >= 15 is 0 Å². The van der Waals surface area contributed by atoms with Crippen molar-refractivity contribution in [3.05, 3.63) is 48.4 Å². The molecule has 1 fully saturated rings. The molecule has 2 amide bonds. The third kappa shape index (κ3) is 5.93. The Morgan fingerprint density at radius 3 is 2.52 bits per heavy atom. The minimum absolute atomic E-state index is 0.298. The summed E-state index contributed by atoms with van der Waals surface area (Å²) >= 11 is 0.668. The number of anilines is 1. The highest BCUT2D eigenvalue weighted by atomic mass is 32.2. The van der Waals surface area contributed by atoms with Crippen LogP contribution in [0.5, 0.6) is 0 Å². The summed E-state index contributed by atoms with van der Waals surface area (Å²) in [6.45, 7) is 3.20. The first-order valence-electron chi connectivity index (χ1n) is 8.50. The number of carbonyl (C=O) groups excluding carboxylic acids is 1. The molecular weight excluding hydrogens is 379 g/mol. The summed E-state index contributed by atoms with van der Waals surface area (Å²) < 4.78 is 42.7. The average molecular weight is 399 g/mol.